The van der Waals surface area contributed by atoms with E-state index < -0.39 is 11.9 Å². The van der Waals surface area contributed by atoms with E-state index in [-0.39, 0.29) is 18.4 Å². The third-order valence-electron chi connectivity index (χ3n) is 3.42. The van der Waals surface area contributed by atoms with Crippen molar-refractivity contribution in [3.05, 3.63) is 17.5 Å². The Labute approximate surface area is 125 Å². The van der Waals surface area contributed by atoms with Gasteiger partial charge in [-0.3, -0.25) is 14.3 Å². The van der Waals surface area contributed by atoms with Gasteiger partial charge in [0.2, 0.25) is 0 Å². The second-order valence-corrected chi connectivity index (χ2v) is 5.46. The number of hydrogen-bond donors (Lipinski definition) is 2. The van der Waals surface area contributed by atoms with Crippen LogP contribution in [0.3, 0.4) is 0 Å². The maximum absolute atomic E-state index is 12.2. The van der Waals surface area contributed by atoms with Gasteiger partial charge in [0.25, 0.3) is 5.91 Å². The molecule has 0 spiro atoms. The summed E-state index contributed by atoms with van der Waals surface area (Å²) >= 11 is 0. The third kappa shape index (κ3) is 4.58. The van der Waals surface area contributed by atoms with Gasteiger partial charge in [-0.2, -0.15) is 5.10 Å². The van der Waals surface area contributed by atoms with Gasteiger partial charge in [-0.25, -0.2) is 0 Å². The molecule has 1 aromatic heterocycles. The minimum absolute atomic E-state index is 0.147. The highest BCUT2D eigenvalue weighted by Gasteiger charge is 2.20. The van der Waals surface area contributed by atoms with Gasteiger partial charge in [-0.05, 0) is 25.3 Å². The van der Waals surface area contributed by atoms with Crippen molar-refractivity contribution >= 4 is 11.9 Å². The van der Waals surface area contributed by atoms with Crippen molar-refractivity contribution in [1.82, 2.24) is 15.1 Å². The van der Waals surface area contributed by atoms with Gasteiger partial charge in [0, 0.05) is 13.1 Å². The first-order valence-corrected chi connectivity index (χ1v) is 7.49. The Hall–Kier alpha value is -1.85. The van der Waals surface area contributed by atoms with Crippen LogP contribution in [0.2, 0.25) is 0 Å². The minimum Gasteiger partial charge on any atom is -0.481 e. The fourth-order valence-corrected chi connectivity index (χ4v) is 2.11. The number of carboxylic acids is 1. The van der Waals surface area contributed by atoms with E-state index in [1.807, 2.05) is 27.7 Å². The molecule has 1 rings (SSSR count). The fraction of sp³-hybridized carbons (Fsp3) is 0.667. The first-order valence-electron chi connectivity index (χ1n) is 7.49. The standard InChI is InChI=1S/C15H25N3O3/c1-5-7-11(15(20)21)9-16-14(19)13-8-12(10(3)4)17-18(13)6-2/h8,10-11H,5-7,9H2,1-4H3,(H,16,19)(H,20,21). The third-order valence-corrected chi connectivity index (χ3v) is 3.42. The normalized spacial score (nSPS) is 12.4. The van der Waals surface area contributed by atoms with Gasteiger partial charge < -0.3 is 10.4 Å². The summed E-state index contributed by atoms with van der Waals surface area (Å²) in [4.78, 5) is 23.3. The minimum atomic E-state index is -0.871. The van der Waals surface area contributed by atoms with E-state index in [2.05, 4.69) is 10.4 Å². The molecular weight excluding hydrogens is 270 g/mol. The first-order chi connectivity index (χ1) is 9.90. The van der Waals surface area contributed by atoms with Crippen LogP contribution in [-0.4, -0.2) is 33.3 Å². The summed E-state index contributed by atoms with van der Waals surface area (Å²) in [6, 6.07) is 1.78. The molecule has 6 nitrogen and oxygen atoms in total. The summed E-state index contributed by atoms with van der Waals surface area (Å²) in [5.74, 6) is -1.43. The Kier molecular flexibility index (Phi) is 6.39. The summed E-state index contributed by atoms with van der Waals surface area (Å²) in [5, 5.41) is 16.2. The van der Waals surface area contributed by atoms with Gasteiger partial charge in [0.1, 0.15) is 5.69 Å². The van der Waals surface area contributed by atoms with E-state index in [9.17, 15) is 9.59 Å². The van der Waals surface area contributed by atoms with Crippen LogP contribution < -0.4 is 5.32 Å². The van der Waals surface area contributed by atoms with Crippen molar-refractivity contribution in [2.75, 3.05) is 6.54 Å². The summed E-state index contributed by atoms with van der Waals surface area (Å²) < 4.78 is 1.65. The molecule has 21 heavy (non-hydrogen) atoms. The van der Waals surface area contributed by atoms with E-state index in [1.54, 1.807) is 10.7 Å². The predicted octanol–water partition coefficient (Wildman–Crippen LogP) is 2.26. The highest BCUT2D eigenvalue weighted by atomic mass is 16.4. The van der Waals surface area contributed by atoms with Crippen molar-refractivity contribution in [3.8, 4) is 0 Å². The number of carbonyl (C=O) groups excluding carboxylic acids is 1. The predicted molar refractivity (Wildman–Crippen MR) is 80.4 cm³/mol. The Morgan fingerprint density at radius 1 is 1.38 bits per heavy atom. The Morgan fingerprint density at radius 2 is 2.05 bits per heavy atom. The van der Waals surface area contributed by atoms with Crippen LogP contribution in [0.25, 0.3) is 0 Å². The number of aryl methyl sites for hydroxylation is 1. The van der Waals surface area contributed by atoms with Crippen molar-refractivity contribution in [3.63, 3.8) is 0 Å². The monoisotopic (exact) mass is 295 g/mol. The number of carbonyl (C=O) groups is 2. The number of aromatic nitrogens is 2. The molecular formula is C15H25N3O3. The largest absolute Gasteiger partial charge is 0.481 e. The number of nitrogens with one attached hydrogen (secondary N) is 1. The van der Waals surface area contributed by atoms with Crippen LogP contribution in [-0.2, 0) is 11.3 Å². The van der Waals surface area contributed by atoms with Gasteiger partial charge in [0.15, 0.2) is 0 Å². The fourth-order valence-electron chi connectivity index (χ4n) is 2.11. The molecule has 0 radical (unpaired) electrons. The van der Waals surface area contributed by atoms with Gasteiger partial charge in [-0.15, -0.1) is 0 Å². The molecule has 2 N–H and O–H groups in total. The maximum atomic E-state index is 12.2. The number of aliphatic carboxylic acids is 1. The van der Waals surface area contributed by atoms with Gasteiger partial charge in [0.05, 0.1) is 11.6 Å². The lowest BCUT2D eigenvalue weighted by Gasteiger charge is -2.12. The Bertz CT molecular complexity index is 494. The Morgan fingerprint density at radius 3 is 2.52 bits per heavy atom. The first kappa shape index (κ1) is 17.2. The molecule has 0 aliphatic heterocycles. The van der Waals surface area contributed by atoms with E-state index in [4.69, 9.17) is 5.11 Å². The van der Waals surface area contributed by atoms with E-state index in [0.717, 1.165) is 12.1 Å². The molecule has 0 aliphatic rings. The second kappa shape index (κ2) is 7.81. The number of hydrogen-bond acceptors (Lipinski definition) is 3. The second-order valence-electron chi connectivity index (χ2n) is 5.46. The number of carboxylic acid groups (broad SMARTS) is 1. The molecule has 0 fully saturated rings. The molecule has 1 amide bonds. The number of amides is 1. The summed E-state index contributed by atoms with van der Waals surface area (Å²) in [5.41, 5.74) is 1.35. The van der Waals surface area contributed by atoms with Crippen molar-refractivity contribution in [1.29, 1.82) is 0 Å². The molecule has 1 aromatic rings. The SMILES string of the molecule is CCCC(CNC(=O)c1cc(C(C)C)nn1CC)C(=O)O. The number of rotatable bonds is 8. The van der Waals surface area contributed by atoms with Crippen molar-refractivity contribution in [2.24, 2.45) is 5.92 Å². The van der Waals surface area contributed by atoms with E-state index in [1.165, 1.54) is 0 Å². The molecule has 1 heterocycles. The number of nitrogens with zero attached hydrogens (tertiary/aromatic N) is 2. The molecule has 0 saturated heterocycles. The van der Waals surface area contributed by atoms with Crippen LogP contribution in [0.5, 0.6) is 0 Å². The van der Waals surface area contributed by atoms with Gasteiger partial charge >= 0.3 is 5.97 Å². The lowest BCUT2D eigenvalue weighted by Crippen LogP contribution is -2.34. The maximum Gasteiger partial charge on any atom is 0.308 e. The molecule has 118 valence electrons. The van der Waals surface area contributed by atoms with Crippen LogP contribution in [0, 0.1) is 5.92 Å². The van der Waals surface area contributed by atoms with Crippen molar-refractivity contribution < 1.29 is 14.7 Å². The molecule has 0 bridgehead atoms. The van der Waals surface area contributed by atoms with Crippen LogP contribution in [0.15, 0.2) is 6.07 Å². The van der Waals surface area contributed by atoms with E-state index >= 15 is 0 Å². The smallest absolute Gasteiger partial charge is 0.308 e. The summed E-state index contributed by atoms with van der Waals surface area (Å²) in [6.07, 6.45) is 1.33. The average molecular weight is 295 g/mol. The van der Waals surface area contributed by atoms with Crippen LogP contribution in [0.4, 0.5) is 0 Å². The van der Waals surface area contributed by atoms with Crippen molar-refractivity contribution in [2.45, 2.75) is 53.0 Å². The molecule has 0 aromatic carbocycles. The highest BCUT2D eigenvalue weighted by molar-refractivity contribution is 5.93. The highest BCUT2D eigenvalue weighted by Crippen LogP contribution is 2.15. The van der Waals surface area contributed by atoms with Crippen LogP contribution in [0.1, 0.15) is 62.6 Å². The molecule has 6 heteroatoms. The zero-order chi connectivity index (χ0) is 16.0. The van der Waals surface area contributed by atoms with E-state index in [0.29, 0.717) is 18.7 Å². The summed E-state index contributed by atoms with van der Waals surface area (Å²) in [6.45, 7) is 8.64. The van der Waals surface area contributed by atoms with Gasteiger partial charge in [-0.1, -0.05) is 27.2 Å². The molecule has 0 aliphatic carbocycles. The lowest BCUT2D eigenvalue weighted by atomic mass is 10.0. The zero-order valence-electron chi connectivity index (χ0n) is 13.2. The lowest BCUT2D eigenvalue weighted by molar-refractivity contribution is -0.141. The zero-order valence-corrected chi connectivity index (χ0v) is 13.2. The quantitative estimate of drug-likeness (QED) is 0.770. The van der Waals surface area contributed by atoms with Crippen LogP contribution >= 0.6 is 0 Å². The molecule has 1 atom stereocenters. The topological polar surface area (TPSA) is 84.2 Å². The Balaban J connectivity index is 2.77. The molecule has 0 saturated carbocycles. The summed E-state index contributed by atoms with van der Waals surface area (Å²) in [7, 11) is 0. The average Bonchev–Trinajstić information content (AvgIpc) is 2.87. The molecule has 1 unspecified atom stereocenters.